The highest BCUT2D eigenvalue weighted by molar-refractivity contribution is 7.89. The molecule has 1 aromatic heterocycles. The number of rotatable bonds is 6. The first-order chi connectivity index (χ1) is 13.3. The molecule has 0 fully saturated rings. The van der Waals surface area contributed by atoms with Crippen LogP contribution in [0.1, 0.15) is 27.2 Å². The molecule has 0 spiro atoms. The highest BCUT2D eigenvalue weighted by atomic mass is 35.5. The molecule has 2 N–H and O–H groups in total. The van der Waals surface area contributed by atoms with E-state index in [1.54, 1.807) is 43.3 Å². The molecule has 0 bridgehead atoms. The van der Waals surface area contributed by atoms with Gasteiger partial charge in [-0.3, -0.25) is 4.79 Å². The van der Waals surface area contributed by atoms with E-state index < -0.39 is 15.9 Å². The number of hydrogen-bond donors (Lipinski definition) is 2. The molecule has 6 nitrogen and oxygen atoms in total. The van der Waals surface area contributed by atoms with Crippen LogP contribution in [0, 0.1) is 13.8 Å². The van der Waals surface area contributed by atoms with E-state index in [4.69, 9.17) is 16.0 Å². The summed E-state index contributed by atoms with van der Waals surface area (Å²) in [6.45, 7) is 3.62. The summed E-state index contributed by atoms with van der Waals surface area (Å²) < 4.78 is 32.7. The number of benzene rings is 2. The van der Waals surface area contributed by atoms with Gasteiger partial charge in [-0.1, -0.05) is 23.7 Å². The maximum absolute atomic E-state index is 12.7. The molecule has 0 radical (unpaired) electrons. The third-order valence-corrected chi connectivity index (χ3v) is 6.02. The standard InChI is InChI=1S/C20H19ClN2O4S/c1-13-6-8-17(28(25,26)22-12-16-4-3-9-27-16)11-18(13)20(24)23-15-7-5-14(2)19(21)10-15/h3-11,22H,12H2,1-2H3,(H,23,24). The van der Waals surface area contributed by atoms with Crippen LogP contribution >= 0.6 is 11.6 Å². The molecule has 0 aliphatic heterocycles. The summed E-state index contributed by atoms with van der Waals surface area (Å²) in [7, 11) is -3.81. The Bertz CT molecular complexity index is 1110. The Morgan fingerprint density at radius 3 is 2.50 bits per heavy atom. The van der Waals surface area contributed by atoms with Gasteiger partial charge in [0.05, 0.1) is 17.7 Å². The first-order valence-electron chi connectivity index (χ1n) is 8.46. The van der Waals surface area contributed by atoms with Crippen LogP contribution < -0.4 is 10.0 Å². The molecule has 146 valence electrons. The molecule has 0 aliphatic carbocycles. The van der Waals surface area contributed by atoms with Crippen molar-refractivity contribution in [3.63, 3.8) is 0 Å². The first kappa shape index (κ1) is 20.1. The summed E-state index contributed by atoms with van der Waals surface area (Å²) in [5.41, 5.74) is 2.34. The van der Waals surface area contributed by atoms with E-state index in [-0.39, 0.29) is 17.0 Å². The quantitative estimate of drug-likeness (QED) is 0.625. The lowest BCUT2D eigenvalue weighted by molar-refractivity contribution is 0.102. The molecule has 0 saturated heterocycles. The van der Waals surface area contributed by atoms with Crippen LogP contribution in [0.5, 0.6) is 0 Å². The maximum Gasteiger partial charge on any atom is 0.255 e. The van der Waals surface area contributed by atoms with Crippen molar-refractivity contribution in [2.24, 2.45) is 0 Å². The Morgan fingerprint density at radius 2 is 1.82 bits per heavy atom. The molecule has 0 unspecified atom stereocenters. The van der Waals surface area contributed by atoms with Crippen molar-refractivity contribution in [1.29, 1.82) is 0 Å². The molecule has 3 rings (SSSR count). The van der Waals surface area contributed by atoms with Crippen molar-refractivity contribution >= 4 is 33.2 Å². The van der Waals surface area contributed by atoms with Crippen LogP contribution in [0.4, 0.5) is 5.69 Å². The van der Waals surface area contributed by atoms with Gasteiger partial charge in [0.1, 0.15) is 5.76 Å². The van der Waals surface area contributed by atoms with Crippen molar-refractivity contribution < 1.29 is 17.6 Å². The molecule has 0 aliphatic rings. The number of furan rings is 1. The van der Waals surface area contributed by atoms with E-state index in [2.05, 4.69) is 10.0 Å². The predicted molar refractivity (Wildman–Crippen MR) is 108 cm³/mol. The largest absolute Gasteiger partial charge is 0.468 e. The normalized spacial score (nSPS) is 11.4. The molecule has 1 amide bonds. The average molecular weight is 419 g/mol. The van der Waals surface area contributed by atoms with Gasteiger partial charge in [-0.05, 0) is 61.4 Å². The van der Waals surface area contributed by atoms with E-state index in [0.717, 1.165) is 5.56 Å². The number of sulfonamides is 1. The molecule has 0 saturated carbocycles. The average Bonchev–Trinajstić information content (AvgIpc) is 3.17. The zero-order valence-corrected chi connectivity index (χ0v) is 16.9. The Morgan fingerprint density at radius 1 is 1.07 bits per heavy atom. The van der Waals surface area contributed by atoms with Crippen molar-refractivity contribution in [2.45, 2.75) is 25.3 Å². The van der Waals surface area contributed by atoms with Gasteiger partial charge in [0.15, 0.2) is 0 Å². The minimum absolute atomic E-state index is 0.00301. The number of amides is 1. The van der Waals surface area contributed by atoms with Gasteiger partial charge in [0.2, 0.25) is 10.0 Å². The number of aryl methyl sites for hydroxylation is 2. The monoisotopic (exact) mass is 418 g/mol. The lowest BCUT2D eigenvalue weighted by atomic mass is 10.1. The Kier molecular flexibility index (Phi) is 5.88. The molecular formula is C20H19ClN2O4S. The number of halogens is 1. The molecule has 8 heteroatoms. The lowest BCUT2D eigenvalue weighted by Crippen LogP contribution is -2.24. The van der Waals surface area contributed by atoms with Gasteiger partial charge < -0.3 is 9.73 Å². The summed E-state index contributed by atoms with van der Waals surface area (Å²) in [6, 6.07) is 12.9. The van der Waals surface area contributed by atoms with Gasteiger partial charge in [-0.25, -0.2) is 13.1 Å². The minimum atomic E-state index is -3.81. The van der Waals surface area contributed by atoms with Gasteiger partial charge in [0, 0.05) is 16.3 Å². The molecule has 3 aromatic rings. The van der Waals surface area contributed by atoms with Crippen molar-refractivity contribution in [3.05, 3.63) is 82.3 Å². The van der Waals surface area contributed by atoms with Crippen LogP contribution in [0.3, 0.4) is 0 Å². The summed E-state index contributed by atoms with van der Waals surface area (Å²) >= 11 is 6.09. The number of carbonyl (C=O) groups is 1. The van der Waals surface area contributed by atoms with E-state index >= 15 is 0 Å². The van der Waals surface area contributed by atoms with Gasteiger partial charge in [-0.15, -0.1) is 0 Å². The molecule has 1 heterocycles. The molecule has 28 heavy (non-hydrogen) atoms. The number of carbonyl (C=O) groups excluding carboxylic acids is 1. The number of nitrogens with one attached hydrogen (secondary N) is 2. The van der Waals surface area contributed by atoms with E-state index in [9.17, 15) is 13.2 Å². The van der Waals surface area contributed by atoms with Gasteiger partial charge >= 0.3 is 0 Å². The molecule has 0 atom stereocenters. The van der Waals surface area contributed by atoms with E-state index in [1.807, 2.05) is 6.92 Å². The van der Waals surface area contributed by atoms with Gasteiger partial charge in [-0.2, -0.15) is 0 Å². The van der Waals surface area contributed by atoms with E-state index in [0.29, 0.717) is 22.0 Å². The first-order valence-corrected chi connectivity index (χ1v) is 10.3. The second-order valence-electron chi connectivity index (χ2n) is 6.30. The summed E-state index contributed by atoms with van der Waals surface area (Å²) in [5, 5.41) is 3.28. The summed E-state index contributed by atoms with van der Waals surface area (Å²) in [5.74, 6) is 0.0745. The third-order valence-electron chi connectivity index (χ3n) is 4.21. The predicted octanol–water partition coefficient (Wildman–Crippen LogP) is 4.28. The fourth-order valence-electron chi connectivity index (χ4n) is 2.54. The smallest absolute Gasteiger partial charge is 0.255 e. The van der Waals surface area contributed by atoms with Crippen molar-refractivity contribution in [2.75, 3.05) is 5.32 Å². The SMILES string of the molecule is Cc1ccc(NC(=O)c2cc(S(=O)(=O)NCc3ccco3)ccc2C)cc1Cl. The summed E-state index contributed by atoms with van der Waals surface area (Å²) in [4.78, 5) is 12.7. The van der Waals surface area contributed by atoms with Crippen LogP contribution in [0.15, 0.2) is 64.1 Å². The second kappa shape index (κ2) is 8.18. The zero-order chi connectivity index (χ0) is 20.3. The Hall–Kier alpha value is -2.61. The van der Waals surface area contributed by atoms with Crippen LogP contribution in [0.2, 0.25) is 5.02 Å². The second-order valence-corrected chi connectivity index (χ2v) is 8.47. The topological polar surface area (TPSA) is 88.4 Å². The van der Waals surface area contributed by atoms with Crippen molar-refractivity contribution in [3.8, 4) is 0 Å². The van der Waals surface area contributed by atoms with Crippen LogP contribution in [-0.2, 0) is 16.6 Å². The van der Waals surface area contributed by atoms with Gasteiger partial charge in [0.25, 0.3) is 5.91 Å². The van der Waals surface area contributed by atoms with Crippen LogP contribution in [0.25, 0.3) is 0 Å². The Labute approximate surface area is 168 Å². The lowest BCUT2D eigenvalue weighted by Gasteiger charge is -2.11. The third kappa shape index (κ3) is 4.62. The Balaban J connectivity index is 1.81. The minimum Gasteiger partial charge on any atom is -0.468 e. The zero-order valence-electron chi connectivity index (χ0n) is 15.3. The fraction of sp³-hybridized carbons (Fsp3) is 0.150. The number of hydrogen-bond acceptors (Lipinski definition) is 4. The summed E-state index contributed by atoms with van der Waals surface area (Å²) in [6.07, 6.45) is 1.47. The number of anilines is 1. The fourth-order valence-corrected chi connectivity index (χ4v) is 3.74. The van der Waals surface area contributed by atoms with E-state index in [1.165, 1.54) is 18.4 Å². The highest BCUT2D eigenvalue weighted by Crippen LogP contribution is 2.22. The van der Waals surface area contributed by atoms with Crippen molar-refractivity contribution in [1.82, 2.24) is 4.72 Å². The van der Waals surface area contributed by atoms with Crippen LogP contribution in [-0.4, -0.2) is 14.3 Å². The molecule has 2 aromatic carbocycles. The molecular weight excluding hydrogens is 400 g/mol. The maximum atomic E-state index is 12.7. The highest BCUT2D eigenvalue weighted by Gasteiger charge is 2.18.